The highest BCUT2D eigenvalue weighted by atomic mass is 16.3. The highest BCUT2D eigenvalue weighted by molar-refractivity contribution is 5.44. The number of hydrogen-bond donors (Lipinski definition) is 1. The Kier molecular flexibility index (Phi) is 2.62. The molecule has 0 radical (unpaired) electrons. The zero-order chi connectivity index (χ0) is 12.0. The Labute approximate surface area is 103 Å². The molecule has 2 heteroatoms. The third kappa shape index (κ3) is 1.75. The number of likely N-dealkylation sites (tertiary alicyclic amines) is 1. The summed E-state index contributed by atoms with van der Waals surface area (Å²) in [4.78, 5) is 2.63. The molecule has 1 aliphatic carbocycles. The Morgan fingerprint density at radius 3 is 2.82 bits per heavy atom. The molecule has 1 saturated heterocycles. The maximum atomic E-state index is 9.89. The molecule has 0 bridgehead atoms. The van der Waals surface area contributed by atoms with Crippen molar-refractivity contribution in [2.45, 2.75) is 45.2 Å². The molecule has 1 aromatic carbocycles. The lowest BCUT2D eigenvalue weighted by Gasteiger charge is -2.29. The third-order valence-electron chi connectivity index (χ3n) is 4.45. The Hall–Kier alpha value is -1.02. The number of aromatic hydroxyl groups is 1. The van der Waals surface area contributed by atoms with E-state index in [1.165, 1.54) is 30.5 Å². The van der Waals surface area contributed by atoms with Crippen molar-refractivity contribution in [3.63, 3.8) is 0 Å². The molecule has 0 spiro atoms. The van der Waals surface area contributed by atoms with Gasteiger partial charge in [-0.1, -0.05) is 19.1 Å². The van der Waals surface area contributed by atoms with E-state index in [1.807, 2.05) is 12.1 Å². The molecule has 0 amide bonds. The summed E-state index contributed by atoms with van der Waals surface area (Å²) in [6.07, 6.45) is 3.51. The number of hydrogen-bond acceptors (Lipinski definition) is 2. The van der Waals surface area contributed by atoms with Gasteiger partial charge in [-0.05, 0) is 49.3 Å². The average Bonchev–Trinajstić information content (AvgIpc) is 2.83. The second-order valence-electron chi connectivity index (χ2n) is 5.79. The molecule has 17 heavy (non-hydrogen) atoms. The van der Waals surface area contributed by atoms with Crippen molar-refractivity contribution in [3.05, 3.63) is 29.3 Å². The quantitative estimate of drug-likeness (QED) is 0.802. The zero-order valence-electron chi connectivity index (χ0n) is 10.7. The van der Waals surface area contributed by atoms with E-state index in [2.05, 4.69) is 24.8 Å². The van der Waals surface area contributed by atoms with Crippen molar-refractivity contribution in [2.24, 2.45) is 5.92 Å². The predicted molar refractivity (Wildman–Crippen MR) is 69.1 cm³/mol. The number of phenols is 1. The van der Waals surface area contributed by atoms with Crippen molar-refractivity contribution in [1.82, 2.24) is 4.90 Å². The number of fused-ring (bicyclic) bond motifs is 1. The Morgan fingerprint density at radius 1 is 1.29 bits per heavy atom. The Balaban J connectivity index is 1.91. The normalized spacial score (nSPS) is 32.9. The van der Waals surface area contributed by atoms with E-state index in [0.29, 0.717) is 17.8 Å². The van der Waals surface area contributed by atoms with Gasteiger partial charge >= 0.3 is 0 Å². The average molecular weight is 231 g/mol. The first kappa shape index (κ1) is 11.1. The van der Waals surface area contributed by atoms with Crippen LogP contribution in [0.2, 0.25) is 0 Å². The summed E-state index contributed by atoms with van der Waals surface area (Å²) in [5, 5.41) is 9.89. The van der Waals surface area contributed by atoms with Crippen LogP contribution in [0.5, 0.6) is 5.75 Å². The van der Waals surface area contributed by atoms with Crippen LogP contribution in [0.1, 0.15) is 43.9 Å². The van der Waals surface area contributed by atoms with Crippen molar-refractivity contribution in [1.29, 1.82) is 0 Å². The van der Waals surface area contributed by atoms with E-state index in [1.54, 1.807) is 0 Å². The first-order valence-corrected chi connectivity index (χ1v) is 6.73. The van der Waals surface area contributed by atoms with Gasteiger partial charge in [0.2, 0.25) is 0 Å². The summed E-state index contributed by atoms with van der Waals surface area (Å²) in [5.74, 6) is 1.30. The van der Waals surface area contributed by atoms with Gasteiger partial charge in [0.15, 0.2) is 0 Å². The molecule has 2 aliphatic rings. The molecule has 92 valence electrons. The predicted octanol–water partition coefficient (Wildman–Crippen LogP) is 3.11. The second kappa shape index (κ2) is 4.02. The first-order valence-electron chi connectivity index (χ1n) is 6.73. The van der Waals surface area contributed by atoms with Gasteiger partial charge in [0.25, 0.3) is 0 Å². The zero-order valence-corrected chi connectivity index (χ0v) is 10.7. The fourth-order valence-corrected chi connectivity index (χ4v) is 3.72. The first-order chi connectivity index (χ1) is 8.16. The van der Waals surface area contributed by atoms with Crippen LogP contribution in [0.25, 0.3) is 0 Å². The largest absolute Gasteiger partial charge is 0.508 e. The molecule has 0 saturated carbocycles. The van der Waals surface area contributed by atoms with E-state index >= 15 is 0 Å². The van der Waals surface area contributed by atoms with Crippen LogP contribution in [0, 0.1) is 5.92 Å². The maximum Gasteiger partial charge on any atom is 0.119 e. The number of benzene rings is 1. The summed E-state index contributed by atoms with van der Waals surface area (Å²) in [5.41, 5.74) is 2.55. The third-order valence-corrected chi connectivity index (χ3v) is 4.45. The molecule has 0 aromatic heterocycles. The molecule has 2 nitrogen and oxygen atoms in total. The molecule has 1 aromatic rings. The fraction of sp³-hybridized carbons (Fsp3) is 0.600. The summed E-state index contributed by atoms with van der Waals surface area (Å²) < 4.78 is 0. The lowest BCUT2D eigenvalue weighted by molar-refractivity contribution is 0.187. The van der Waals surface area contributed by atoms with Crippen molar-refractivity contribution < 1.29 is 5.11 Å². The minimum Gasteiger partial charge on any atom is -0.508 e. The molecule has 1 aliphatic heterocycles. The van der Waals surface area contributed by atoms with Crippen LogP contribution >= 0.6 is 0 Å². The van der Waals surface area contributed by atoms with Gasteiger partial charge in [-0.25, -0.2) is 0 Å². The van der Waals surface area contributed by atoms with Gasteiger partial charge < -0.3 is 5.11 Å². The van der Waals surface area contributed by atoms with Gasteiger partial charge in [-0.3, -0.25) is 4.90 Å². The van der Waals surface area contributed by atoms with E-state index in [0.717, 1.165) is 12.3 Å². The summed E-state index contributed by atoms with van der Waals surface area (Å²) >= 11 is 0. The standard InChI is InChI=1S/C15H21NO/c1-10-8-11(2)16(9-10)14-7-6-13-12(14)4-3-5-15(13)17/h3-5,10-11,14,17H,6-9H2,1-2H3. The van der Waals surface area contributed by atoms with E-state index in [4.69, 9.17) is 0 Å². The number of nitrogens with zero attached hydrogens (tertiary/aromatic N) is 1. The maximum absolute atomic E-state index is 9.89. The smallest absolute Gasteiger partial charge is 0.119 e. The van der Waals surface area contributed by atoms with Crippen molar-refractivity contribution in [3.8, 4) is 5.75 Å². The van der Waals surface area contributed by atoms with Crippen molar-refractivity contribution in [2.75, 3.05) is 6.54 Å². The van der Waals surface area contributed by atoms with Crippen LogP contribution in [0.15, 0.2) is 18.2 Å². The van der Waals surface area contributed by atoms with Crippen LogP contribution in [-0.4, -0.2) is 22.6 Å². The van der Waals surface area contributed by atoms with Crippen LogP contribution < -0.4 is 0 Å². The van der Waals surface area contributed by atoms with E-state index < -0.39 is 0 Å². The highest BCUT2D eigenvalue weighted by Gasteiger charge is 2.36. The minimum atomic E-state index is 0.491. The highest BCUT2D eigenvalue weighted by Crippen LogP contribution is 2.43. The number of phenolic OH excluding ortho intramolecular Hbond substituents is 1. The summed E-state index contributed by atoms with van der Waals surface area (Å²) in [7, 11) is 0. The molecule has 1 heterocycles. The molecular formula is C15H21NO. The molecule has 3 unspecified atom stereocenters. The van der Waals surface area contributed by atoms with Gasteiger partial charge in [-0.15, -0.1) is 0 Å². The van der Waals surface area contributed by atoms with E-state index in [-0.39, 0.29) is 0 Å². The number of rotatable bonds is 1. The van der Waals surface area contributed by atoms with Crippen LogP contribution in [0.4, 0.5) is 0 Å². The van der Waals surface area contributed by atoms with Gasteiger partial charge in [0.05, 0.1) is 0 Å². The Morgan fingerprint density at radius 2 is 2.12 bits per heavy atom. The Bertz CT molecular complexity index is 429. The molecule has 1 N–H and O–H groups in total. The minimum absolute atomic E-state index is 0.491. The fourth-order valence-electron chi connectivity index (χ4n) is 3.72. The lowest BCUT2D eigenvalue weighted by Crippen LogP contribution is -2.30. The van der Waals surface area contributed by atoms with Gasteiger partial charge in [0, 0.05) is 18.6 Å². The van der Waals surface area contributed by atoms with Gasteiger partial charge in [-0.2, -0.15) is 0 Å². The molecule has 3 atom stereocenters. The second-order valence-corrected chi connectivity index (χ2v) is 5.79. The molecular weight excluding hydrogens is 210 g/mol. The molecule has 1 fully saturated rings. The van der Waals surface area contributed by atoms with Crippen molar-refractivity contribution >= 4 is 0 Å². The topological polar surface area (TPSA) is 23.5 Å². The van der Waals surface area contributed by atoms with Gasteiger partial charge in [0.1, 0.15) is 5.75 Å². The van der Waals surface area contributed by atoms with E-state index in [9.17, 15) is 5.11 Å². The summed E-state index contributed by atoms with van der Waals surface area (Å²) in [6, 6.07) is 7.22. The van der Waals surface area contributed by atoms with Crippen LogP contribution in [-0.2, 0) is 6.42 Å². The SMILES string of the molecule is CC1CC(C)N(C2CCc3c(O)cccc32)C1. The van der Waals surface area contributed by atoms with Crippen LogP contribution in [0.3, 0.4) is 0 Å². The monoisotopic (exact) mass is 231 g/mol. The molecule has 3 rings (SSSR count). The summed E-state index contributed by atoms with van der Waals surface area (Å²) in [6.45, 7) is 5.89. The lowest BCUT2D eigenvalue weighted by atomic mass is 10.1.